The van der Waals surface area contributed by atoms with Crippen LogP contribution in [0.3, 0.4) is 0 Å². The van der Waals surface area contributed by atoms with Crippen LogP contribution >= 0.6 is 11.8 Å². The Morgan fingerprint density at radius 2 is 2.28 bits per heavy atom. The summed E-state index contributed by atoms with van der Waals surface area (Å²) in [7, 11) is 0. The van der Waals surface area contributed by atoms with Gasteiger partial charge in [-0.1, -0.05) is 6.92 Å². The molecule has 96 valence electrons. The van der Waals surface area contributed by atoms with E-state index in [1.165, 1.54) is 6.08 Å². The summed E-state index contributed by atoms with van der Waals surface area (Å²) in [6.45, 7) is 4.11. The van der Waals surface area contributed by atoms with Gasteiger partial charge in [0, 0.05) is 48.1 Å². The molecule has 1 atom stereocenters. The quantitative estimate of drug-likeness (QED) is 0.836. The van der Waals surface area contributed by atoms with Gasteiger partial charge in [-0.25, -0.2) is 14.8 Å². The van der Waals surface area contributed by atoms with Gasteiger partial charge in [0.05, 0.1) is 0 Å². The van der Waals surface area contributed by atoms with Crippen LogP contribution in [0.25, 0.3) is 6.08 Å². The molecule has 1 fully saturated rings. The maximum absolute atomic E-state index is 10.4. The maximum atomic E-state index is 10.4. The van der Waals surface area contributed by atoms with Crippen molar-refractivity contribution in [1.29, 1.82) is 0 Å². The first-order valence-corrected chi connectivity index (χ1v) is 6.79. The van der Waals surface area contributed by atoms with Crippen molar-refractivity contribution < 1.29 is 9.90 Å². The number of rotatable bonds is 3. The summed E-state index contributed by atoms with van der Waals surface area (Å²) in [5.74, 6) is 0.834. The largest absolute Gasteiger partial charge is 0.478 e. The molecule has 2 rings (SSSR count). The Balaban J connectivity index is 2.05. The Hall–Kier alpha value is -1.56. The molecule has 0 radical (unpaired) electrons. The number of hydrogen-bond donors (Lipinski definition) is 1. The fourth-order valence-corrected chi connectivity index (χ4v) is 2.76. The first kappa shape index (κ1) is 12.9. The average Bonchev–Trinajstić information content (AvgIpc) is 2.37. The summed E-state index contributed by atoms with van der Waals surface area (Å²) < 4.78 is 0. The summed E-state index contributed by atoms with van der Waals surface area (Å²) in [6, 6.07) is 0. The van der Waals surface area contributed by atoms with Gasteiger partial charge >= 0.3 is 5.97 Å². The molecule has 6 heteroatoms. The summed E-state index contributed by atoms with van der Waals surface area (Å²) in [6.07, 6.45) is 5.86. The molecule has 0 spiro atoms. The number of nitrogens with zero attached hydrogens (tertiary/aromatic N) is 3. The van der Waals surface area contributed by atoms with Crippen LogP contribution in [-0.4, -0.2) is 45.1 Å². The Morgan fingerprint density at radius 3 is 2.89 bits per heavy atom. The molecule has 0 aromatic carbocycles. The number of carbonyl (C=O) groups is 1. The van der Waals surface area contributed by atoms with E-state index in [0.29, 0.717) is 10.8 Å². The second kappa shape index (κ2) is 5.86. The third-order valence-corrected chi connectivity index (χ3v) is 3.74. The second-order valence-electron chi connectivity index (χ2n) is 4.12. The lowest BCUT2D eigenvalue weighted by molar-refractivity contribution is -0.131. The van der Waals surface area contributed by atoms with Crippen LogP contribution in [-0.2, 0) is 4.79 Å². The van der Waals surface area contributed by atoms with Crippen molar-refractivity contribution in [2.75, 3.05) is 23.7 Å². The normalized spacial score (nSPS) is 20.3. The van der Waals surface area contributed by atoms with Gasteiger partial charge in [-0.2, -0.15) is 11.8 Å². The topological polar surface area (TPSA) is 66.3 Å². The lowest BCUT2D eigenvalue weighted by atomic mass is 10.3. The molecule has 0 aliphatic carbocycles. The Morgan fingerprint density at radius 1 is 1.56 bits per heavy atom. The smallest absolute Gasteiger partial charge is 0.328 e. The highest BCUT2D eigenvalue weighted by Gasteiger charge is 2.18. The Bertz CT molecular complexity index is 447. The van der Waals surface area contributed by atoms with E-state index in [1.54, 1.807) is 12.4 Å². The number of aromatic nitrogens is 2. The number of carboxylic acids is 1. The number of thioether (sulfide) groups is 1. The van der Waals surface area contributed by atoms with Crippen molar-refractivity contribution >= 4 is 29.8 Å². The third-order valence-electron chi connectivity index (χ3n) is 2.60. The zero-order chi connectivity index (χ0) is 13.0. The van der Waals surface area contributed by atoms with Gasteiger partial charge in [-0.15, -0.1) is 0 Å². The van der Waals surface area contributed by atoms with E-state index in [1.807, 2.05) is 11.8 Å². The van der Waals surface area contributed by atoms with Gasteiger partial charge in [0.2, 0.25) is 5.95 Å². The van der Waals surface area contributed by atoms with Crippen molar-refractivity contribution in [1.82, 2.24) is 9.97 Å². The molecular weight excluding hydrogens is 250 g/mol. The number of anilines is 1. The number of hydrogen-bond acceptors (Lipinski definition) is 5. The highest BCUT2D eigenvalue weighted by Crippen LogP contribution is 2.20. The Labute approximate surface area is 110 Å². The molecule has 1 aromatic rings. The zero-order valence-electron chi connectivity index (χ0n) is 10.1. The van der Waals surface area contributed by atoms with Gasteiger partial charge in [-0.3, -0.25) is 0 Å². The van der Waals surface area contributed by atoms with Crippen molar-refractivity contribution in [3.63, 3.8) is 0 Å². The van der Waals surface area contributed by atoms with Gasteiger partial charge in [-0.05, 0) is 6.08 Å². The molecule has 0 bridgehead atoms. The molecule has 0 saturated carbocycles. The van der Waals surface area contributed by atoms with Crippen LogP contribution in [0.1, 0.15) is 12.5 Å². The van der Waals surface area contributed by atoms with Crippen LogP contribution in [0.2, 0.25) is 0 Å². The van der Waals surface area contributed by atoms with E-state index in [9.17, 15) is 4.79 Å². The van der Waals surface area contributed by atoms with Gasteiger partial charge in [0.25, 0.3) is 0 Å². The molecule has 1 aliphatic heterocycles. The van der Waals surface area contributed by atoms with Crippen LogP contribution < -0.4 is 4.90 Å². The molecule has 0 amide bonds. The maximum Gasteiger partial charge on any atom is 0.328 e. The molecule has 1 saturated heterocycles. The fourth-order valence-electron chi connectivity index (χ4n) is 1.75. The highest BCUT2D eigenvalue weighted by atomic mass is 32.2. The van der Waals surface area contributed by atoms with Crippen LogP contribution in [0.5, 0.6) is 0 Å². The first-order valence-electron chi connectivity index (χ1n) is 5.75. The van der Waals surface area contributed by atoms with Gasteiger partial charge in [0.15, 0.2) is 0 Å². The molecule has 1 aromatic heterocycles. The van der Waals surface area contributed by atoms with Gasteiger partial charge < -0.3 is 10.0 Å². The van der Waals surface area contributed by atoms with E-state index in [4.69, 9.17) is 5.11 Å². The minimum Gasteiger partial charge on any atom is -0.478 e. The number of aliphatic carboxylic acids is 1. The SMILES string of the molecule is CC1CN(c2ncc(/C=C/C(=O)O)cn2)CCS1. The lowest BCUT2D eigenvalue weighted by Crippen LogP contribution is -2.37. The summed E-state index contributed by atoms with van der Waals surface area (Å²) in [5, 5.41) is 9.12. The molecule has 1 N–H and O–H groups in total. The van der Waals surface area contributed by atoms with E-state index in [-0.39, 0.29) is 0 Å². The zero-order valence-corrected chi connectivity index (χ0v) is 10.9. The standard InChI is InChI=1S/C12H15N3O2S/c1-9-8-15(4-5-18-9)12-13-6-10(7-14-12)2-3-11(16)17/h2-3,6-7,9H,4-5,8H2,1H3,(H,16,17)/b3-2+. The minimum atomic E-state index is -0.971. The van der Waals surface area contributed by atoms with Crippen molar-refractivity contribution in [2.24, 2.45) is 0 Å². The number of carboxylic acid groups (broad SMARTS) is 1. The van der Waals surface area contributed by atoms with Crippen molar-refractivity contribution in [3.8, 4) is 0 Å². The van der Waals surface area contributed by atoms with Crippen LogP contribution in [0, 0.1) is 0 Å². The first-order chi connectivity index (χ1) is 8.65. The molecule has 1 unspecified atom stereocenters. The van der Waals surface area contributed by atoms with E-state index >= 15 is 0 Å². The molecule has 18 heavy (non-hydrogen) atoms. The average molecular weight is 265 g/mol. The predicted molar refractivity (Wildman–Crippen MR) is 72.8 cm³/mol. The van der Waals surface area contributed by atoms with Crippen molar-refractivity contribution in [2.45, 2.75) is 12.2 Å². The van der Waals surface area contributed by atoms with Crippen LogP contribution in [0.4, 0.5) is 5.95 Å². The molecular formula is C12H15N3O2S. The Kier molecular flexibility index (Phi) is 4.19. The summed E-state index contributed by atoms with van der Waals surface area (Å²) in [5.41, 5.74) is 0.695. The van der Waals surface area contributed by atoms with E-state index in [0.717, 1.165) is 30.9 Å². The monoisotopic (exact) mass is 265 g/mol. The van der Waals surface area contributed by atoms with E-state index < -0.39 is 5.97 Å². The minimum absolute atomic E-state index is 0.592. The molecule has 2 heterocycles. The molecule has 5 nitrogen and oxygen atoms in total. The van der Waals surface area contributed by atoms with E-state index in [2.05, 4.69) is 21.8 Å². The highest BCUT2D eigenvalue weighted by molar-refractivity contribution is 8.00. The lowest BCUT2D eigenvalue weighted by Gasteiger charge is -2.30. The summed E-state index contributed by atoms with van der Waals surface area (Å²) in [4.78, 5) is 21.1. The van der Waals surface area contributed by atoms with Crippen LogP contribution in [0.15, 0.2) is 18.5 Å². The predicted octanol–water partition coefficient (Wildman–Crippen LogP) is 1.52. The second-order valence-corrected chi connectivity index (χ2v) is 5.66. The molecule has 1 aliphatic rings. The third kappa shape index (κ3) is 3.46. The van der Waals surface area contributed by atoms with Gasteiger partial charge in [0.1, 0.15) is 0 Å². The summed E-state index contributed by atoms with van der Waals surface area (Å²) >= 11 is 1.96. The fraction of sp³-hybridized carbons (Fsp3) is 0.417. The van der Waals surface area contributed by atoms with Crippen molar-refractivity contribution in [3.05, 3.63) is 24.0 Å².